The highest BCUT2D eigenvalue weighted by Gasteiger charge is 2.11. The zero-order valence-electron chi connectivity index (χ0n) is 9.32. The summed E-state index contributed by atoms with van der Waals surface area (Å²) in [5, 5.41) is 3.06. The standard InChI is InChI=1S/C11H14N2O3/c1-14-8-3-4-9(10(7-8)15-2)13-11-12-5-6-16-11/h3-4,7H,5-6H2,1-2H3,(H,12,13). The lowest BCUT2D eigenvalue weighted by Gasteiger charge is -2.11. The molecule has 1 aliphatic heterocycles. The second-order valence-electron chi connectivity index (χ2n) is 3.23. The molecule has 0 aliphatic carbocycles. The molecular weight excluding hydrogens is 208 g/mol. The number of aliphatic imine (C=N–C) groups is 1. The second kappa shape index (κ2) is 4.74. The Labute approximate surface area is 94.0 Å². The number of benzene rings is 1. The minimum absolute atomic E-state index is 0.531. The fourth-order valence-electron chi connectivity index (χ4n) is 1.43. The van der Waals surface area contributed by atoms with Gasteiger partial charge in [-0.1, -0.05) is 0 Å². The number of methoxy groups -OCH3 is 2. The van der Waals surface area contributed by atoms with E-state index in [-0.39, 0.29) is 0 Å². The lowest BCUT2D eigenvalue weighted by molar-refractivity contribution is 0.346. The van der Waals surface area contributed by atoms with Gasteiger partial charge in [0, 0.05) is 6.07 Å². The number of rotatable bonds is 3. The van der Waals surface area contributed by atoms with E-state index in [1.165, 1.54) is 0 Å². The van der Waals surface area contributed by atoms with Crippen molar-refractivity contribution in [3.63, 3.8) is 0 Å². The Bertz CT molecular complexity index is 404. The van der Waals surface area contributed by atoms with Crippen molar-refractivity contribution in [1.82, 2.24) is 0 Å². The highest BCUT2D eigenvalue weighted by Crippen LogP contribution is 2.29. The molecule has 1 aromatic carbocycles. The smallest absolute Gasteiger partial charge is 0.289 e. The largest absolute Gasteiger partial charge is 0.497 e. The lowest BCUT2D eigenvalue weighted by atomic mass is 10.2. The Balaban J connectivity index is 2.19. The number of nitrogens with zero attached hydrogens (tertiary/aromatic N) is 1. The fraction of sp³-hybridized carbons (Fsp3) is 0.364. The fourth-order valence-corrected chi connectivity index (χ4v) is 1.43. The van der Waals surface area contributed by atoms with Gasteiger partial charge in [-0.05, 0) is 12.1 Å². The summed E-state index contributed by atoms with van der Waals surface area (Å²) >= 11 is 0. The average Bonchev–Trinajstić information content (AvgIpc) is 2.82. The summed E-state index contributed by atoms with van der Waals surface area (Å²) < 4.78 is 15.6. The number of ether oxygens (including phenoxy) is 3. The Kier molecular flexibility index (Phi) is 3.14. The van der Waals surface area contributed by atoms with E-state index in [0.717, 1.165) is 11.4 Å². The van der Waals surface area contributed by atoms with Crippen LogP contribution in [0.2, 0.25) is 0 Å². The van der Waals surface area contributed by atoms with Crippen LogP contribution in [0.5, 0.6) is 11.5 Å². The number of hydrogen-bond acceptors (Lipinski definition) is 5. The summed E-state index contributed by atoms with van der Waals surface area (Å²) in [5.74, 6) is 1.44. The molecule has 86 valence electrons. The number of hydrogen-bond donors (Lipinski definition) is 1. The van der Waals surface area contributed by atoms with E-state index in [4.69, 9.17) is 14.2 Å². The average molecular weight is 222 g/mol. The van der Waals surface area contributed by atoms with Crippen molar-refractivity contribution in [3.05, 3.63) is 18.2 Å². The minimum Gasteiger partial charge on any atom is -0.497 e. The zero-order valence-corrected chi connectivity index (χ0v) is 9.32. The number of anilines is 1. The molecule has 5 nitrogen and oxygen atoms in total. The molecule has 16 heavy (non-hydrogen) atoms. The third kappa shape index (κ3) is 2.18. The van der Waals surface area contributed by atoms with Crippen molar-refractivity contribution in [3.8, 4) is 11.5 Å². The van der Waals surface area contributed by atoms with Gasteiger partial charge in [-0.15, -0.1) is 0 Å². The van der Waals surface area contributed by atoms with E-state index < -0.39 is 0 Å². The molecule has 0 atom stereocenters. The molecule has 0 fully saturated rings. The third-order valence-corrected chi connectivity index (χ3v) is 2.24. The first-order chi connectivity index (χ1) is 7.83. The van der Waals surface area contributed by atoms with Crippen molar-refractivity contribution >= 4 is 11.7 Å². The van der Waals surface area contributed by atoms with Gasteiger partial charge in [-0.25, -0.2) is 4.99 Å². The summed E-state index contributed by atoms with van der Waals surface area (Å²) in [6, 6.07) is 6.04. The van der Waals surface area contributed by atoms with Gasteiger partial charge in [0.25, 0.3) is 6.02 Å². The molecule has 0 radical (unpaired) electrons. The van der Waals surface area contributed by atoms with Gasteiger partial charge in [0.2, 0.25) is 0 Å². The van der Waals surface area contributed by atoms with Crippen molar-refractivity contribution in [2.45, 2.75) is 0 Å². The van der Waals surface area contributed by atoms with E-state index >= 15 is 0 Å². The predicted octanol–water partition coefficient (Wildman–Crippen LogP) is 1.50. The molecular formula is C11H14N2O3. The zero-order chi connectivity index (χ0) is 11.4. The first kappa shape index (κ1) is 10.6. The first-order valence-electron chi connectivity index (χ1n) is 5.00. The molecule has 1 aliphatic rings. The second-order valence-corrected chi connectivity index (χ2v) is 3.23. The van der Waals surface area contributed by atoms with Crippen molar-refractivity contribution in [1.29, 1.82) is 0 Å². The summed E-state index contributed by atoms with van der Waals surface area (Å²) in [7, 11) is 3.23. The van der Waals surface area contributed by atoms with Crippen LogP contribution >= 0.6 is 0 Å². The lowest BCUT2D eigenvalue weighted by Crippen LogP contribution is -2.12. The van der Waals surface area contributed by atoms with Gasteiger partial charge in [0.1, 0.15) is 18.1 Å². The summed E-state index contributed by atoms with van der Waals surface area (Å²) in [6.45, 7) is 1.32. The minimum atomic E-state index is 0.531. The van der Waals surface area contributed by atoms with Gasteiger partial charge in [-0.2, -0.15) is 0 Å². The molecule has 1 N–H and O–H groups in total. The summed E-state index contributed by atoms with van der Waals surface area (Å²) in [5.41, 5.74) is 0.809. The Morgan fingerprint density at radius 3 is 2.81 bits per heavy atom. The molecule has 0 aromatic heterocycles. The summed E-state index contributed by atoms with van der Waals surface area (Å²) in [6.07, 6.45) is 0. The van der Waals surface area contributed by atoms with Crippen LogP contribution < -0.4 is 14.8 Å². The third-order valence-electron chi connectivity index (χ3n) is 2.24. The van der Waals surface area contributed by atoms with Crippen LogP contribution in [0, 0.1) is 0 Å². The van der Waals surface area contributed by atoms with Crippen LogP contribution in [0.15, 0.2) is 23.2 Å². The maximum absolute atomic E-state index is 5.27. The van der Waals surface area contributed by atoms with Crippen molar-refractivity contribution in [2.24, 2.45) is 4.99 Å². The van der Waals surface area contributed by atoms with Crippen molar-refractivity contribution < 1.29 is 14.2 Å². The Hall–Kier alpha value is -1.91. The SMILES string of the molecule is COc1ccc(NC2=NCCO2)c(OC)c1. The molecule has 0 spiro atoms. The Morgan fingerprint density at radius 1 is 1.31 bits per heavy atom. The van der Waals surface area contributed by atoms with E-state index in [9.17, 15) is 0 Å². The van der Waals surface area contributed by atoms with E-state index in [2.05, 4.69) is 10.3 Å². The van der Waals surface area contributed by atoms with E-state index in [0.29, 0.717) is 24.9 Å². The number of nitrogens with one attached hydrogen (secondary N) is 1. The quantitative estimate of drug-likeness (QED) is 0.842. The maximum atomic E-state index is 5.27. The molecule has 0 bridgehead atoms. The van der Waals surface area contributed by atoms with Crippen LogP contribution in [0.3, 0.4) is 0 Å². The summed E-state index contributed by atoms with van der Waals surface area (Å²) in [4.78, 5) is 4.15. The predicted molar refractivity (Wildman–Crippen MR) is 61.4 cm³/mol. The van der Waals surface area contributed by atoms with Crippen LogP contribution in [0.1, 0.15) is 0 Å². The van der Waals surface area contributed by atoms with Gasteiger partial charge in [0.15, 0.2) is 0 Å². The van der Waals surface area contributed by atoms with Crippen LogP contribution in [0.25, 0.3) is 0 Å². The van der Waals surface area contributed by atoms with Gasteiger partial charge in [0.05, 0.1) is 26.5 Å². The van der Waals surface area contributed by atoms with Gasteiger partial charge >= 0.3 is 0 Å². The molecule has 0 saturated carbocycles. The van der Waals surface area contributed by atoms with Crippen LogP contribution in [-0.4, -0.2) is 33.4 Å². The molecule has 5 heteroatoms. The van der Waals surface area contributed by atoms with Crippen LogP contribution in [-0.2, 0) is 4.74 Å². The van der Waals surface area contributed by atoms with Gasteiger partial charge in [-0.3, -0.25) is 0 Å². The van der Waals surface area contributed by atoms with Gasteiger partial charge < -0.3 is 19.5 Å². The topological polar surface area (TPSA) is 52.1 Å². The maximum Gasteiger partial charge on any atom is 0.289 e. The Morgan fingerprint density at radius 2 is 2.19 bits per heavy atom. The van der Waals surface area contributed by atoms with Crippen molar-refractivity contribution in [2.75, 3.05) is 32.7 Å². The normalized spacial score (nSPS) is 14.0. The molecule has 1 heterocycles. The van der Waals surface area contributed by atoms with Crippen LogP contribution in [0.4, 0.5) is 5.69 Å². The molecule has 2 rings (SSSR count). The first-order valence-corrected chi connectivity index (χ1v) is 5.00. The van der Waals surface area contributed by atoms with E-state index in [1.807, 2.05) is 12.1 Å². The van der Waals surface area contributed by atoms with E-state index in [1.54, 1.807) is 20.3 Å². The molecule has 0 saturated heterocycles. The molecule has 1 aromatic rings. The monoisotopic (exact) mass is 222 g/mol. The highest BCUT2D eigenvalue weighted by molar-refractivity contribution is 5.91. The number of amidine groups is 1. The highest BCUT2D eigenvalue weighted by atomic mass is 16.5. The molecule has 0 amide bonds. The molecule has 0 unspecified atom stereocenters.